The van der Waals surface area contributed by atoms with Gasteiger partial charge in [0, 0.05) is 18.2 Å². The molecule has 4 aromatic rings. The molecule has 0 amide bonds. The molecule has 0 bridgehead atoms. The second-order valence-corrected chi connectivity index (χ2v) is 7.79. The lowest BCUT2D eigenvalue weighted by molar-refractivity contribution is 0.0962. The van der Waals surface area contributed by atoms with Crippen LogP contribution in [0.1, 0.15) is 39.5 Å². The van der Waals surface area contributed by atoms with E-state index >= 15 is 0 Å². The van der Waals surface area contributed by atoms with Crippen molar-refractivity contribution in [2.45, 2.75) is 25.7 Å². The second kappa shape index (κ2) is 7.50. The maximum Gasteiger partial charge on any atom is 0.252 e. The van der Waals surface area contributed by atoms with Crippen LogP contribution in [0.2, 0.25) is 0 Å². The maximum absolute atomic E-state index is 12.9. The Bertz CT molecular complexity index is 1290. The quantitative estimate of drug-likeness (QED) is 0.502. The number of Topliss-reactive ketones (excluding diaryl/α,β-unsaturated/α-hetero) is 1. The fraction of sp³-hybridized carbons (Fsp3) is 0.250. The van der Waals surface area contributed by atoms with E-state index in [1.54, 1.807) is 24.9 Å². The zero-order valence-electron chi connectivity index (χ0n) is 17.6. The van der Waals surface area contributed by atoms with Crippen molar-refractivity contribution in [3.8, 4) is 22.9 Å². The van der Waals surface area contributed by atoms with Gasteiger partial charge in [0.1, 0.15) is 0 Å². The molecule has 0 saturated heterocycles. The zero-order chi connectivity index (χ0) is 21.5. The van der Waals surface area contributed by atoms with Crippen molar-refractivity contribution in [3.63, 3.8) is 0 Å². The summed E-state index contributed by atoms with van der Waals surface area (Å²) >= 11 is 0. The van der Waals surface area contributed by atoms with Crippen molar-refractivity contribution in [3.05, 3.63) is 71.0 Å². The van der Waals surface area contributed by atoms with E-state index in [0.717, 1.165) is 16.8 Å². The van der Waals surface area contributed by atoms with Gasteiger partial charge in [-0.1, -0.05) is 35.9 Å². The first-order chi connectivity index (χ1) is 15.1. The predicted octanol–water partition coefficient (Wildman–Crippen LogP) is 4.03. The molecule has 2 aromatic carbocycles. The van der Waals surface area contributed by atoms with Gasteiger partial charge in [0.15, 0.2) is 23.1 Å². The van der Waals surface area contributed by atoms with Crippen molar-refractivity contribution < 1.29 is 14.3 Å². The molecule has 31 heavy (non-hydrogen) atoms. The molecule has 7 nitrogen and oxygen atoms in total. The van der Waals surface area contributed by atoms with Gasteiger partial charge in [-0.05, 0) is 37.0 Å². The molecule has 0 spiro atoms. The van der Waals surface area contributed by atoms with Crippen LogP contribution in [-0.2, 0) is 6.42 Å². The van der Waals surface area contributed by atoms with Gasteiger partial charge in [0.05, 0.1) is 25.5 Å². The van der Waals surface area contributed by atoms with Crippen molar-refractivity contribution in [1.29, 1.82) is 0 Å². The van der Waals surface area contributed by atoms with Gasteiger partial charge in [-0.2, -0.15) is 4.98 Å². The highest BCUT2D eigenvalue weighted by atomic mass is 16.5. The van der Waals surface area contributed by atoms with Crippen molar-refractivity contribution >= 4 is 11.6 Å². The van der Waals surface area contributed by atoms with E-state index in [-0.39, 0.29) is 11.7 Å². The third-order valence-corrected chi connectivity index (χ3v) is 5.77. The minimum atomic E-state index is 0.0225. The smallest absolute Gasteiger partial charge is 0.252 e. The Labute approximate surface area is 179 Å². The van der Waals surface area contributed by atoms with Gasteiger partial charge in [-0.25, -0.2) is 9.50 Å². The van der Waals surface area contributed by atoms with E-state index < -0.39 is 0 Å². The maximum atomic E-state index is 12.9. The third kappa shape index (κ3) is 3.42. The molecule has 2 aromatic heterocycles. The highest BCUT2D eigenvalue weighted by Crippen LogP contribution is 2.36. The summed E-state index contributed by atoms with van der Waals surface area (Å²) in [5, 5.41) is 4.53. The largest absolute Gasteiger partial charge is 0.493 e. The number of hydrogen-bond acceptors (Lipinski definition) is 6. The van der Waals surface area contributed by atoms with Gasteiger partial charge in [0.2, 0.25) is 0 Å². The summed E-state index contributed by atoms with van der Waals surface area (Å²) in [7, 11) is 3.22. The first-order valence-corrected chi connectivity index (χ1v) is 10.1. The number of carbonyl (C=O) groups excluding carboxylic acids is 1. The molecule has 0 radical (unpaired) electrons. The lowest BCUT2D eigenvalue weighted by Gasteiger charge is -2.23. The van der Waals surface area contributed by atoms with Crippen LogP contribution in [0, 0.1) is 6.92 Å². The zero-order valence-corrected chi connectivity index (χ0v) is 17.6. The van der Waals surface area contributed by atoms with Crippen LogP contribution in [0.15, 0.2) is 48.7 Å². The highest BCUT2D eigenvalue weighted by molar-refractivity contribution is 5.98. The number of methoxy groups -OCH3 is 2. The Morgan fingerprint density at radius 2 is 1.74 bits per heavy atom. The number of rotatable bonds is 4. The molecule has 1 atom stereocenters. The molecule has 0 N–H and O–H groups in total. The highest BCUT2D eigenvalue weighted by Gasteiger charge is 2.29. The summed E-state index contributed by atoms with van der Waals surface area (Å²) < 4.78 is 12.4. The molecule has 0 saturated carbocycles. The normalized spacial score (nSPS) is 15.7. The van der Waals surface area contributed by atoms with Crippen molar-refractivity contribution in [2.24, 2.45) is 0 Å². The van der Waals surface area contributed by atoms with Gasteiger partial charge in [-0.3, -0.25) is 4.79 Å². The standard InChI is InChI=1S/C24H22N4O3/c1-14-4-6-15(7-5-14)23-26-24-25-19-10-17(11-20(29)18(19)13-28(24)27-23)16-8-9-21(30-2)22(12-16)31-3/h4-9,12-13,17H,10-11H2,1-3H3. The molecule has 1 unspecified atom stereocenters. The molecule has 156 valence electrons. The lowest BCUT2D eigenvalue weighted by Crippen LogP contribution is -2.21. The SMILES string of the molecule is COc1ccc(C2CC(=O)c3cn4nc(-c5ccc(C)cc5)nc4nc3C2)cc1OC. The number of aryl methyl sites for hydroxylation is 1. The summed E-state index contributed by atoms with van der Waals surface area (Å²) in [6, 6.07) is 13.8. The molecular formula is C24H22N4O3. The molecule has 7 heteroatoms. The van der Waals surface area contributed by atoms with Crippen molar-refractivity contribution in [1.82, 2.24) is 19.6 Å². The monoisotopic (exact) mass is 414 g/mol. The average molecular weight is 414 g/mol. The molecular weight excluding hydrogens is 392 g/mol. The fourth-order valence-electron chi connectivity index (χ4n) is 4.05. The molecule has 1 aliphatic carbocycles. The van der Waals surface area contributed by atoms with E-state index in [0.29, 0.717) is 41.5 Å². The number of ether oxygens (including phenoxy) is 2. The van der Waals surface area contributed by atoms with Crippen LogP contribution in [0.5, 0.6) is 11.5 Å². The van der Waals surface area contributed by atoms with E-state index in [1.807, 2.05) is 49.4 Å². The summed E-state index contributed by atoms with van der Waals surface area (Å²) in [5.74, 6) is 2.49. The van der Waals surface area contributed by atoms with E-state index in [2.05, 4.69) is 10.1 Å². The minimum absolute atomic E-state index is 0.0225. The summed E-state index contributed by atoms with van der Waals surface area (Å²) in [4.78, 5) is 22.2. The van der Waals surface area contributed by atoms with Crippen LogP contribution in [-0.4, -0.2) is 39.6 Å². The van der Waals surface area contributed by atoms with E-state index in [9.17, 15) is 4.79 Å². The van der Waals surface area contributed by atoms with Gasteiger partial charge in [0.25, 0.3) is 5.78 Å². The fourth-order valence-corrected chi connectivity index (χ4v) is 4.05. The minimum Gasteiger partial charge on any atom is -0.493 e. The molecule has 5 rings (SSSR count). The van der Waals surface area contributed by atoms with Crippen LogP contribution in [0.25, 0.3) is 17.2 Å². The first kappa shape index (κ1) is 19.2. The number of hydrogen-bond donors (Lipinski definition) is 0. The first-order valence-electron chi connectivity index (χ1n) is 10.1. The van der Waals surface area contributed by atoms with E-state index in [1.165, 1.54) is 5.56 Å². The van der Waals surface area contributed by atoms with Gasteiger partial charge >= 0.3 is 0 Å². The van der Waals surface area contributed by atoms with Crippen LogP contribution >= 0.6 is 0 Å². The van der Waals surface area contributed by atoms with Crippen molar-refractivity contribution in [2.75, 3.05) is 14.2 Å². The lowest BCUT2D eigenvalue weighted by atomic mass is 9.82. The Morgan fingerprint density at radius 1 is 0.968 bits per heavy atom. The molecule has 0 fully saturated rings. The number of nitrogens with zero attached hydrogens (tertiary/aromatic N) is 4. The Kier molecular flexibility index (Phi) is 4.66. The van der Waals surface area contributed by atoms with E-state index in [4.69, 9.17) is 14.5 Å². The predicted molar refractivity (Wildman–Crippen MR) is 116 cm³/mol. The van der Waals surface area contributed by atoms with Gasteiger partial charge in [-0.15, -0.1) is 5.10 Å². The Morgan fingerprint density at radius 3 is 2.48 bits per heavy atom. The van der Waals surface area contributed by atoms with Crippen LogP contribution in [0.4, 0.5) is 0 Å². The van der Waals surface area contributed by atoms with Gasteiger partial charge < -0.3 is 9.47 Å². The third-order valence-electron chi connectivity index (χ3n) is 5.77. The van der Waals surface area contributed by atoms with Crippen LogP contribution < -0.4 is 9.47 Å². The topological polar surface area (TPSA) is 78.6 Å². The summed E-state index contributed by atoms with van der Waals surface area (Å²) in [5.41, 5.74) is 4.49. The number of benzene rings is 2. The Balaban J connectivity index is 1.51. The number of ketones is 1. The number of fused-ring (bicyclic) bond motifs is 2. The molecule has 0 aliphatic heterocycles. The summed E-state index contributed by atoms with van der Waals surface area (Å²) in [6.07, 6.45) is 2.82. The van der Waals surface area contributed by atoms with Crippen LogP contribution in [0.3, 0.4) is 0 Å². The molecule has 1 aliphatic rings. The Hall–Kier alpha value is -3.74. The average Bonchev–Trinajstić information content (AvgIpc) is 3.20. The number of carbonyl (C=O) groups is 1. The molecule has 2 heterocycles. The number of aromatic nitrogens is 4. The second-order valence-electron chi connectivity index (χ2n) is 7.79. The summed E-state index contributed by atoms with van der Waals surface area (Å²) in [6.45, 7) is 2.04.